The molecule has 0 amide bonds. The van der Waals surface area contributed by atoms with Crippen LogP contribution in [0.4, 0.5) is 0 Å². The summed E-state index contributed by atoms with van der Waals surface area (Å²) >= 11 is 0. The molecule has 1 aromatic rings. The van der Waals surface area contributed by atoms with Gasteiger partial charge < -0.3 is 10.1 Å². The molecule has 0 aromatic heterocycles. The second kappa shape index (κ2) is 7.06. The van der Waals surface area contributed by atoms with Crippen molar-refractivity contribution in [3.05, 3.63) is 29.8 Å². The number of benzene rings is 1. The van der Waals surface area contributed by atoms with Gasteiger partial charge in [-0.25, -0.2) is 0 Å². The molecule has 19 heavy (non-hydrogen) atoms. The Balaban J connectivity index is 1.93. The van der Waals surface area contributed by atoms with E-state index in [4.69, 9.17) is 4.74 Å². The lowest BCUT2D eigenvalue weighted by Gasteiger charge is -2.19. The average Bonchev–Trinajstić information content (AvgIpc) is 3.28. The van der Waals surface area contributed by atoms with Gasteiger partial charge in [0.15, 0.2) is 0 Å². The lowest BCUT2D eigenvalue weighted by Crippen LogP contribution is -2.27. The van der Waals surface area contributed by atoms with Gasteiger partial charge in [0.2, 0.25) is 0 Å². The molecule has 2 atom stereocenters. The van der Waals surface area contributed by atoms with E-state index in [1.54, 1.807) is 7.11 Å². The van der Waals surface area contributed by atoms with Gasteiger partial charge in [-0.05, 0) is 36.5 Å². The predicted molar refractivity (Wildman–Crippen MR) is 80.0 cm³/mol. The highest BCUT2D eigenvalue weighted by atomic mass is 32.2. The molecule has 1 saturated carbocycles. The van der Waals surface area contributed by atoms with Crippen LogP contribution in [0.5, 0.6) is 5.75 Å². The molecule has 0 bridgehead atoms. The average molecular weight is 281 g/mol. The molecule has 0 radical (unpaired) electrons. The molecule has 1 aliphatic rings. The summed E-state index contributed by atoms with van der Waals surface area (Å²) in [4.78, 5) is 0. The van der Waals surface area contributed by atoms with Crippen molar-refractivity contribution in [2.24, 2.45) is 5.92 Å². The summed E-state index contributed by atoms with van der Waals surface area (Å²) in [6, 6.07) is 8.68. The minimum Gasteiger partial charge on any atom is -0.497 e. The predicted octanol–water partition coefficient (Wildman–Crippen LogP) is 2.50. The Kier molecular flexibility index (Phi) is 5.40. The van der Waals surface area contributed by atoms with Crippen molar-refractivity contribution in [1.29, 1.82) is 0 Å². The number of ether oxygens (including phenoxy) is 1. The minimum absolute atomic E-state index is 0.403. The van der Waals surface area contributed by atoms with Gasteiger partial charge in [-0.2, -0.15) is 0 Å². The number of rotatable bonds is 8. The Morgan fingerprint density at radius 3 is 2.58 bits per heavy atom. The fourth-order valence-electron chi connectivity index (χ4n) is 2.27. The normalized spacial score (nSPS) is 18.0. The van der Waals surface area contributed by atoms with Gasteiger partial charge in [0, 0.05) is 34.9 Å². The first-order valence-corrected chi connectivity index (χ1v) is 8.45. The van der Waals surface area contributed by atoms with Crippen LogP contribution in [0, 0.1) is 5.92 Å². The standard InChI is InChI=1S/C15H23NO2S/c1-3-19(17)11-10-16-15(12-4-5-12)13-6-8-14(18-2)9-7-13/h6-9,12,15-16H,3-5,10-11H2,1-2H3. The van der Waals surface area contributed by atoms with Crippen LogP contribution in [0.2, 0.25) is 0 Å². The SMILES string of the molecule is CCS(=O)CCNC(c1ccc(OC)cc1)C1CC1. The third-order valence-electron chi connectivity index (χ3n) is 3.58. The van der Waals surface area contributed by atoms with Gasteiger partial charge in [0.25, 0.3) is 0 Å². The van der Waals surface area contributed by atoms with E-state index in [2.05, 4.69) is 17.4 Å². The zero-order chi connectivity index (χ0) is 13.7. The molecular weight excluding hydrogens is 258 g/mol. The zero-order valence-corrected chi connectivity index (χ0v) is 12.5. The van der Waals surface area contributed by atoms with Crippen LogP contribution in [0.15, 0.2) is 24.3 Å². The maximum atomic E-state index is 11.5. The molecule has 106 valence electrons. The van der Waals surface area contributed by atoms with Crippen LogP contribution >= 0.6 is 0 Å². The molecule has 4 heteroatoms. The van der Waals surface area contributed by atoms with Crippen molar-refractivity contribution in [3.8, 4) is 5.75 Å². The monoisotopic (exact) mass is 281 g/mol. The topological polar surface area (TPSA) is 38.3 Å². The van der Waals surface area contributed by atoms with Gasteiger partial charge in [-0.3, -0.25) is 4.21 Å². The lowest BCUT2D eigenvalue weighted by molar-refractivity contribution is 0.414. The van der Waals surface area contributed by atoms with Crippen molar-refractivity contribution in [2.45, 2.75) is 25.8 Å². The third-order valence-corrected chi connectivity index (χ3v) is 4.89. The molecule has 0 spiro atoms. The molecule has 0 aliphatic heterocycles. The van der Waals surface area contributed by atoms with Crippen molar-refractivity contribution in [3.63, 3.8) is 0 Å². The van der Waals surface area contributed by atoms with Crippen LogP contribution in [-0.2, 0) is 10.8 Å². The van der Waals surface area contributed by atoms with Crippen molar-refractivity contribution >= 4 is 10.8 Å². The van der Waals surface area contributed by atoms with Crippen molar-refractivity contribution in [2.75, 3.05) is 25.2 Å². The molecule has 3 nitrogen and oxygen atoms in total. The third kappa shape index (κ3) is 4.32. The summed E-state index contributed by atoms with van der Waals surface area (Å²) in [6.45, 7) is 2.80. The number of nitrogens with one attached hydrogen (secondary N) is 1. The first kappa shape index (κ1) is 14.5. The van der Waals surface area contributed by atoms with E-state index in [-0.39, 0.29) is 0 Å². The molecule has 1 fully saturated rings. The first-order chi connectivity index (χ1) is 9.24. The zero-order valence-electron chi connectivity index (χ0n) is 11.7. The van der Waals surface area contributed by atoms with E-state index in [9.17, 15) is 4.21 Å². The van der Waals surface area contributed by atoms with Gasteiger partial charge in [-0.1, -0.05) is 19.1 Å². The van der Waals surface area contributed by atoms with E-state index in [1.165, 1.54) is 18.4 Å². The second-order valence-corrected chi connectivity index (χ2v) is 6.84. The first-order valence-electron chi connectivity index (χ1n) is 6.97. The smallest absolute Gasteiger partial charge is 0.118 e. The van der Waals surface area contributed by atoms with E-state index >= 15 is 0 Å². The summed E-state index contributed by atoms with van der Waals surface area (Å²) in [5, 5.41) is 3.57. The molecule has 1 N–H and O–H groups in total. The maximum absolute atomic E-state index is 11.5. The lowest BCUT2D eigenvalue weighted by atomic mass is 10.0. The highest BCUT2D eigenvalue weighted by molar-refractivity contribution is 7.84. The fourth-order valence-corrected chi connectivity index (χ4v) is 2.90. The summed E-state index contributed by atoms with van der Waals surface area (Å²) in [5.41, 5.74) is 1.31. The fraction of sp³-hybridized carbons (Fsp3) is 0.600. The molecule has 1 aromatic carbocycles. The minimum atomic E-state index is -0.680. The Bertz CT molecular complexity index is 415. The Hall–Kier alpha value is -0.870. The second-order valence-electron chi connectivity index (χ2n) is 4.98. The van der Waals surface area contributed by atoms with Gasteiger partial charge in [0.05, 0.1) is 7.11 Å². The molecule has 2 rings (SSSR count). The molecule has 0 saturated heterocycles. The van der Waals surface area contributed by atoms with Crippen molar-refractivity contribution < 1.29 is 8.95 Å². The molecular formula is C15H23NO2S. The van der Waals surface area contributed by atoms with E-state index in [0.717, 1.165) is 29.7 Å². The van der Waals surface area contributed by atoms with Gasteiger partial charge in [0.1, 0.15) is 5.75 Å². The van der Waals surface area contributed by atoms with E-state index < -0.39 is 10.8 Å². The summed E-state index contributed by atoms with van der Waals surface area (Å²) in [6.07, 6.45) is 2.58. The quantitative estimate of drug-likeness (QED) is 0.795. The van der Waals surface area contributed by atoms with Gasteiger partial charge >= 0.3 is 0 Å². The van der Waals surface area contributed by atoms with Gasteiger partial charge in [-0.15, -0.1) is 0 Å². The van der Waals surface area contributed by atoms with Crippen LogP contribution in [0.25, 0.3) is 0 Å². The maximum Gasteiger partial charge on any atom is 0.118 e. The summed E-state index contributed by atoms with van der Waals surface area (Å²) < 4.78 is 16.6. The number of hydrogen-bond donors (Lipinski definition) is 1. The summed E-state index contributed by atoms with van der Waals surface area (Å²) in [7, 11) is 1.01. The van der Waals surface area contributed by atoms with Crippen LogP contribution in [0.1, 0.15) is 31.4 Å². The highest BCUT2D eigenvalue weighted by Crippen LogP contribution is 2.41. The number of hydrogen-bond acceptors (Lipinski definition) is 3. The Labute approximate surface area is 118 Å². The Morgan fingerprint density at radius 2 is 2.05 bits per heavy atom. The van der Waals surface area contributed by atoms with Crippen molar-refractivity contribution in [1.82, 2.24) is 5.32 Å². The highest BCUT2D eigenvalue weighted by Gasteiger charge is 2.31. The van der Waals surface area contributed by atoms with E-state index in [0.29, 0.717) is 6.04 Å². The summed E-state index contributed by atoms with van der Waals surface area (Å²) in [5.74, 6) is 3.13. The molecule has 0 heterocycles. The Morgan fingerprint density at radius 1 is 1.37 bits per heavy atom. The van der Waals surface area contributed by atoms with Crippen LogP contribution in [-0.4, -0.2) is 29.4 Å². The number of methoxy groups -OCH3 is 1. The largest absolute Gasteiger partial charge is 0.497 e. The van der Waals surface area contributed by atoms with Crippen LogP contribution < -0.4 is 10.1 Å². The van der Waals surface area contributed by atoms with Crippen LogP contribution in [0.3, 0.4) is 0 Å². The molecule has 1 aliphatic carbocycles. The molecule has 2 unspecified atom stereocenters. The van der Waals surface area contributed by atoms with E-state index in [1.807, 2.05) is 19.1 Å².